The molecule has 7 aromatic carbocycles. The number of allylic oxidation sites excluding steroid dienone is 1. The number of hydrogen-bond acceptors (Lipinski definition) is 2. The van der Waals surface area contributed by atoms with Gasteiger partial charge in [0.2, 0.25) is 0 Å². The average Bonchev–Trinajstić information content (AvgIpc) is 3.13. The molecule has 222 valence electrons. The molecule has 0 saturated heterocycles. The van der Waals surface area contributed by atoms with E-state index >= 15 is 0 Å². The third kappa shape index (κ3) is 6.06. The molecular formula is C44H35NO. The Bertz CT molecular complexity index is 2100. The molecule has 0 heterocycles. The Morgan fingerprint density at radius 3 is 1.72 bits per heavy atom. The highest BCUT2D eigenvalue weighted by molar-refractivity contribution is 5.99. The molecule has 0 N–H and O–H groups in total. The first-order valence-electron chi connectivity index (χ1n) is 15.6. The Hall–Kier alpha value is -5.86. The Labute approximate surface area is 271 Å². The number of benzene rings is 7. The molecule has 0 saturated carbocycles. The van der Waals surface area contributed by atoms with Crippen molar-refractivity contribution < 1.29 is 4.74 Å². The summed E-state index contributed by atoms with van der Waals surface area (Å²) in [5, 5.41) is 2.44. The molecule has 0 spiro atoms. The predicted octanol–water partition coefficient (Wildman–Crippen LogP) is 12.2. The first kappa shape index (κ1) is 28.9. The van der Waals surface area contributed by atoms with Crippen molar-refractivity contribution in [2.24, 2.45) is 0 Å². The van der Waals surface area contributed by atoms with Crippen LogP contribution in [0.1, 0.15) is 18.1 Å². The van der Waals surface area contributed by atoms with Crippen molar-refractivity contribution in [1.29, 1.82) is 0 Å². The topological polar surface area (TPSA) is 12.5 Å². The summed E-state index contributed by atoms with van der Waals surface area (Å²) in [6, 6.07) is 60.4. The van der Waals surface area contributed by atoms with Gasteiger partial charge < -0.3 is 9.64 Å². The molecule has 7 aromatic rings. The van der Waals surface area contributed by atoms with E-state index in [2.05, 4.69) is 176 Å². The smallest absolute Gasteiger partial charge is 0.119 e. The van der Waals surface area contributed by atoms with Gasteiger partial charge in [0, 0.05) is 16.8 Å². The molecule has 0 aliphatic rings. The molecule has 7 rings (SSSR count). The summed E-state index contributed by atoms with van der Waals surface area (Å²) in [7, 11) is 1.70. The van der Waals surface area contributed by atoms with Crippen molar-refractivity contribution in [2.45, 2.75) is 6.92 Å². The minimum absolute atomic E-state index is 0.864. The van der Waals surface area contributed by atoms with E-state index in [0.717, 1.165) is 28.4 Å². The van der Waals surface area contributed by atoms with Gasteiger partial charge in [0.05, 0.1) is 12.8 Å². The van der Waals surface area contributed by atoms with E-state index < -0.39 is 0 Å². The molecule has 0 aliphatic carbocycles. The SMILES string of the molecule is COc1cccc(/C=C(/C)c2ccc(-c3ccc(N(c4ccc(-c5ccccc5)cc4)c4cccc5ccccc45)cc3)cc2)c1. The van der Waals surface area contributed by atoms with Gasteiger partial charge in [-0.25, -0.2) is 0 Å². The summed E-state index contributed by atoms with van der Waals surface area (Å²) >= 11 is 0. The molecule has 2 heteroatoms. The van der Waals surface area contributed by atoms with E-state index in [1.165, 1.54) is 44.2 Å². The van der Waals surface area contributed by atoms with Gasteiger partial charge in [-0.05, 0) is 93.7 Å². The number of hydrogen-bond donors (Lipinski definition) is 0. The summed E-state index contributed by atoms with van der Waals surface area (Å²) in [5.74, 6) is 0.864. The summed E-state index contributed by atoms with van der Waals surface area (Å²) < 4.78 is 5.39. The second-order valence-electron chi connectivity index (χ2n) is 11.5. The molecule has 0 aromatic heterocycles. The van der Waals surface area contributed by atoms with Crippen LogP contribution < -0.4 is 9.64 Å². The van der Waals surface area contributed by atoms with E-state index in [9.17, 15) is 0 Å². The number of fused-ring (bicyclic) bond motifs is 1. The number of methoxy groups -OCH3 is 1. The molecule has 0 bridgehead atoms. The maximum absolute atomic E-state index is 5.39. The summed E-state index contributed by atoms with van der Waals surface area (Å²) in [4.78, 5) is 2.36. The Balaban J connectivity index is 1.21. The zero-order valence-corrected chi connectivity index (χ0v) is 26.1. The quantitative estimate of drug-likeness (QED) is 0.163. The van der Waals surface area contributed by atoms with E-state index in [1.54, 1.807) is 7.11 Å². The fraction of sp³-hybridized carbons (Fsp3) is 0.0455. The van der Waals surface area contributed by atoms with Crippen molar-refractivity contribution in [3.8, 4) is 28.0 Å². The maximum atomic E-state index is 5.39. The average molecular weight is 594 g/mol. The summed E-state index contributed by atoms with van der Waals surface area (Å²) in [6.07, 6.45) is 2.20. The highest BCUT2D eigenvalue weighted by atomic mass is 16.5. The van der Waals surface area contributed by atoms with Gasteiger partial charge in [-0.2, -0.15) is 0 Å². The van der Waals surface area contributed by atoms with Crippen LogP contribution in [0.3, 0.4) is 0 Å². The molecule has 46 heavy (non-hydrogen) atoms. The second-order valence-corrected chi connectivity index (χ2v) is 11.5. The minimum Gasteiger partial charge on any atom is -0.497 e. The number of nitrogens with zero attached hydrogens (tertiary/aromatic N) is 1. The van der Waals surface area contributed by atoms with Gasteiger partial charge in [-0.3, -0.25) is 0 Å². The van der Waals surface area contributed by atoms with Crippen molar-refractivity contribution >= 4 is 39.5 Å². The molecule has 0 atom stereocenters. The number of anilines is 3. The molecular weight excluding hydrogens is 558 g/mol. The molecule has 0 aliphatic heterocycles. The Morgan fingerprint density at radius 1 is 0.522 bits per heavy atom. The van der Waals surface area contributed by atoms with Crippen LogP contribution in [0, 0.1) is 0 Å². The zero-order valence-electron chi connectivity index (χ0n) is 26.1. The second kappa shape index (κ2) is 13.0. The monoisotopic (exact) mass is 593 g/mol. The van der Waals surface area contributed by atoms with E-state index in [-0.39, 0.29) is 0 Å². The molecule has 0 unspecified atom stereocenters. The lowest BCUT2D eigenvalue weighted by Gasteiger charge is -2.27. The summed E-state index contributed by atoms with van der Waals surface area (Å²) in [6.45, 7) is 2.15. The van der Waals surface area contributed by atoms with Crippen molar-refractivity contribution in [2.75, 3.05) is 12.0 Å². The van der Waals surface area contributed by atoms with Crippen LogP contribution in [0.25, 0.3) is 44.7 Å². The fourth-order valence-corrected chi connectivity index (χ4v) is 6.06. The van der Waals surface area contributed by atoms with Crippen molar-refractivity contribution in [3.63, 3.8) is 0 Å². The van der Waals surface area contributed by atoms with Gasteiger partial charge in [-0.1, -0.05) is 133 Å². The lowest BCUT2D eigenvalue weighted by Crippen LogP contribution is -2.10. The number of ether oxygens (including phenoxy) is 1. The first-order chi connectivity index (χ1) is 22.7. The lowest BCUT2D eigenvalue weighted by atomic mass is 9.99. The highest BCUT2D eigenvalue weighted by Crippen LogP contribution is 2.40. The Morgan fingerprint density at radius 2 is 1.07 bits per heavy atom. The fourth-order valence-electron chi connectivity index (χ4n) is 6.06. The highest BCUT2D eigenvalue weighted by Gasteiger charge is 2.16. The van der Waals surface area contributed by atoms with Crippen LogP contribution in [0.4, 0.5) is 17.1 Å². The van der Waals surface area contributed by atoms with Crippen LogP contribution in [-0.4, -0.2) is 7.11 Å². The van der Waals surface area contributed by atoms with Crippen LogP contribution in [0.5, 0.6) is 5.75 Å². The normalized spacial score (nSPS) is 11.4. The first-order valence-corrected chi connectivity index (χ1v) is 15.6. The molecule has 0 fully saturated rings. The van der Waals surface area contributed by atoms with Crippen molar-refractivity contribution in [3.05, 3.63) is 181 Å². The van der Waals surface area contributed by atoms with Gasteiger partial charge >= 0.3 is 0 Å². The Kier molecular flexibility index (Phi) is 8.17. The minimum atomic E-state index is 0.864. The van der Waals surface area contributed by atoms with Crippen LogP contribution in [0.15, 0.2) is 170 Å². The molecule has 0 amide bonds. The molecule has 0 radical (unpaired) electrons. The van der Waals surface area contributed by atoms with Gasteiger partial charge in [0.25, 0.3) is 0 Å². The maximum Gasteiger partial charge on any atom is 0.119 e. The van der Waals surface area contributed by atoms with Gasteiger partial charge in [-0.15, -0.1) is 0 Å². The third-order valence-corrected chi connectivity index (χ3v) is 8.52. The van der Waals surface area contributed by atoms with Gasteiger partial charge in [0.1, 0.15) is 5.75 Å². The third-order valence-electron chi connectivity index (χ3n) is 8.52. The largest absolute Gasteiger partial charge is 0.497 e. The van der Waals surface area contributed by atoms with E-state index in [0.29, 0.717) is 0 Å². The molecule has 2 nitrogen and oxygen atoms in total. The van der Waals surface area contributed by atoms with E-state index in [1.807, 2.05) is 12.1 Å². The van der Waals surface area contributed by atoms with Crippen LogP contribution in [-0.2, 0) is 0 Å². The zero-order chi connectivity index (χ0) is 31.3. The van der Waals surface area contributed by atoms with Gasteiger partial charge in [0.15, 0.2) is 0 Å². The summed E-state index contributed by atoms with van der Waals surface area (Å²) in [5.41, 5.74) is 11.7. The van der Waals surface area contributed by atoms with Crippen LogP contribution >= 0.6 is 0 Å². The standard InChI is InChI=1S/C44H35NO/c1-32(30-33-10-8-15-42(31-33)46-2)34-18-20-36(21-19-34)38-24-28-41(29-25-38)45(44-17-9-14-39-13-6-7-16-43(39)44)40-26-22-37(23-27-40)35-11-4-3-5-12-35/h3-31H,1-2H3/b32-30-. The van der Waals surface area contributed by atoms with Crippen molar-refractivity contribution in [1.82, 2.24) is 0 Å². The predicted molar refractivity (Wildman–Crippen MR) is 196 cm³/mol. The lowest BCUT2D eigenvalue weighted by molar-refractivity contribution is 0.414. The number of rotatable bonds is 8. The van der Waals surface area contributed by atoms with Crippen LogP contribution in [0.2, 0.25) is 0 Å². The van der Waals surface area contributed by atoms with E-state index in [4.69, 9.17) is 4.74 Å².